The maximum Gasteiger partial charge on any atom is 0.337 e. The second-order valence-corrected chi connectivity index (χ2v) is 9.04. The Kier molecular flexibility index (Phi) is 10.6. The summed E-state index contributed by atoms with van der Waals surface area (Å²) in [7, 11) is 4.63. The molecule has 0 spiro atoms. The maximum atomic E-state index is 11.6. The molecule has 0 radical (unpaired) electrons. The first-order chi connectivity index (χ1) is 18.8. The molecule has 202 valence electrons. The van der Waals surface area contributed by atoms with Gasteiger partial charge in [-0.1, -0.05) is 60.7 Å². The monoisotopic (exact) mass is 526 g/mol. The Morgan fingerprint density at radius 3 is 1.46 bits per heavy atom. The van der Waals surface area contributed by atoms with E-state index >= 15 is 0 Å². The topological polar surface area (TPSA) is 82.1 Å². The van der Waals surface area contributed by atoms with Gasteiger partial charge in [0.2, 0.25) is 0 Å². The molecule has 0 bridgehead atoms. The molecule has 39 heavy (non-hydrogen) atoms. The van der Waals surface area contributed by atoms with Gasteiger partial charge in [-0.15, -0.1) is 0 Å². The number of carbonyl (C=O) groups excluding carboxylic acids is 1. The van der Waals surface area contributed by atoms with Crippen LogP contribution in [0.15, 0.2) is 84.9 Å². The Labute approximate surface area is 229 Å². The van der Waals surface area contributed by atoms with Crippen LogP contribution in [0.5, 0.6) is 0 Å². The van der Waals surface area contributed by atoms with Crippen LogP contribution in [0, 0.1) is 13.8 Å². The van der Waals surface area contributed by atoms with Crippen LogP contribution in [0.25, 0.3) is 22.3 Å². The molecule has 0 aliphatic heterocycles. The van der Waals surface area contributed by atoms with Crippen molar-refractivity contribution in [1.82, 2.24) is 0 Å². The molecule has 0 heterocycles. The number of methoxy groups -OCH3 is 3. The second-order valence-electron chi connectivity index (χ2n) is 9.04. The van der Waals surface area contributed by atoms with Crippen molar-refractivity contribution < 1.29 is 28.9 Å². The van der Waals surface area contributed by atoms with Gasteiger partial charge in [0, 0.05) is 14.2 Å². The maximum absolute atomic E-state index is 11.6. The molecular formula is C33H34O6. The van der Waals surface area contributed by atoms with Crippen molar-refractivity contribution >= 4 is 11.9 Å². The van der Waals surface area contributed by atoms with E-state index in [-0.39, 0.29) is 11.5 Å². The number of carboxylic acids is 1. The fourth-order valence-corrected chi connectivity index (χ4v) is 4.39. The fourth-order valence-electron chi connectivity index (χ4n) is 4.39. The summed E-state index contributed by atoms with van der Waals surface area (Å²) >= 11 is 0. The van der Waals surface area contributed by atoms with Crippen molar-refractivity contribution in [2.45, 2.75) is 27.1 Å². The first kappa shape index (κ1) is 29.3. The molecule has 0 unspecified atom stereocenters. The van der Waals surface area contributed by atoms with Crippen LogP contribution in [0.1, 0.15) is 43.0 Å². The first-order valence-electron chi connectivity index (χ1n) is 12.5. The summed E-state index contributed by atoms with van der Waals surface area (Å²) in [5.41, 5.74) is 9.38. The Morgan fingerprint density at radius 2 is 1.05 bits per heavy atom. The number of hydrogen-bond acceptors (Lipinski definition) is 5. The lowest BCUT2D eigenvalue weighted by molar-refractivity contribution is 0.0599. The van der Waals surface area contributed by atoms with Gasteiger partial charge in [-0.2, -0.15) is 0 Å². The van der Waals surface area contributed by atoms with Crippen LogP contribution in [0.3, 0.4) is 0 Å². The molecule has 1 N–H and O–H groups in total. The molecule has 0 atom stereocenters. The summed E-state index contributed by atoms with van der Waals surface area (Å²) in [6, 6.07) is 26.9. The summed E-state index contributed by atoms with van der Waals surface area (Å²) in [5.74, 6) is -1.26. The minimum atomic E-state index is -0.923. The lowest BCUT2D eigenvalue weighted by atomic mass is 9.95. The van der Waals surface area contributed by atoms with Gasteiger partial charge in [0.05, 0.1) is 31.5 Å². The lowest BCUT2D eigenvalue weighted by Gasteiger charge is -2.13. The molecule has 0 aliphatic carbocycles. The molecule has 0 saturated heterocycles. The van der Waals surface area contributed by atoms with Crippen LogP contribution in [-0.2, 0) is 27.4 Å². The Hall–Kier alpha value is -4.26. The number of aromatic carboxylic acids is 1. The molecule has 4 aromatic carbocycles. The molecule has 0 amide bonds. The van der Waals surface area contributed by atoms with Crippen LogP contribution in [0.2, 0.25) is 0 Å². The van der Waals surface area contributed by atoms with Gasteiger partial charge in [-0.3, -0.25) is 0 Å². The van der Waals surface area contributed by atoms with E-state index in [9.17, 15) is 9.59 Å². The summed E-state index contributed by atoms with van der Waals surface area (Å²) in [6.45, 7) is 4.95. The van der Waals surface area contributed by atoms with Gasteiger partial charge in [0.15, 0.2) is 0 Å². The van der Waals surface area contributed by atoms with Crippen molar-refractivity contribution in [2.75, 3.05) is 21.3 Å². The minimum Gasteiger partial charge on any atom is -0.478 e. The SMILES string of the molecule is COCc1cc(C(=O)O)ccc1-c1ccccc1C.COCc1cc(C(=O)OC)ccc1-c1ccccc1C. The van der Waals surface area contributed by atoms with E-state index in [1.165, 1.54) is 12.7 Å². The molecule has 0 saturated carbocycles. The van der Waals surface area contributed by atoms with Crippen molar-refractivity contribution in [3.05, 3.63) is 118 Å². The average molecular weight is 527 g/mol. The number of rotatable bonds is 8. The zero-order chi connectivity index (χ0) is 28.4. The van der Waals surface area contributed by atoms with Crippen LogP contribution in [0.4, 0.5) is 0 Å². The normalized spacial score (nSPS) is 10.4. The minimum absolute atomic E-state index is 0.282. The van der Waals surface area contributed by atoms with E-state index in [4.69, 9.17) is 19.3 Å². The number of aryl methyl sites for hydroxylation is 2. The third kappa shape index (κ3) is 7.41. The summed E-state index contributed by atoms with van der Waals surface area (Å²) in [5, 5.41) is 9.05. The van der Waals surface area contributed by atoms with Crippen molar-refractivity contribution in [3.8, 4) is 22.3 Å². The molecule has 4 rings (SSSR count). The highest BCUT2D eigenvalue weighted by Gasteiger charge is 2.13. The van der Waals surface area contributed by atoms with E-state index in [0.29, 0.717) is 18.8 Å². The van der Waals surface area contributed by atoms with Crippen molar-refractivity contribution in [1.29, 1.82) is 0 Å². The summed E-state index contributed by atoms with van der Waals surface area (Å²) in [6.07, 6.45) is 0. The molecule has 6 heteroatoms. The number of carboxylic acid groups (broad SMARTS) is 1. The van der Waals surface area contributed by atoms with Gasteiger partial charge >= 0.3 is 11.9 Å². The number of carbonyl (C=O) groups is 2. The Morgan fingerprint density at radius 1 is 0.615 bits per heavy atom. The number of hydrogen-bond donors (Lipinski definition) is 1. The largest absolute Gasteiger partial charge is 0.478 e. The molecule has 0 fully saturated rings. The third-order valence-corrected chi connectivity index (χ3v) is 6.35. The highest BCUT2D eigenvalue weighted by Crippen LogP contribution is 2.29. The first-order valence-corrected chi connectivity index (χ1v) is 12.5. The van der Waals surface area contributed by atoms with Crippen LogP contribution in [-0.4, -0.2) is 38.4 Å². The second kappa shape index (κ2) is 14.0. The third-order valence-electron chi connectivity index (χ3n) is 6.35. The standard InChI is InChI=1S/C17H18O3.C16H16O3/c1-12-6-4-5-7-15(12)16-9-8-13(17(18)20-3)10-14(16)11-19-2;1-11-5-3-4-6-14(11)15-8-7-12(16(17)18)9-13(15)10-19-2/h4-10H,11H2,1-3H3;3-9H,10H2,1-2H3,(H,17,18). The predicted octanol–water partition coefficient (Wildman–Crippen LogP) is 7.10. The van der Waals surface area contributed by atoms with E-state index < -0.39 is 5.97 Å². The summed E-state index contributed by atoms with van der Waals surface area (Å²) < 4.78 is 15.2. The van der Waals surface area contributed by atoms with Crippen LogP contribution >= 0.6 is 0 Å². The highest BCUT2D eigenvalue weighted by atomic mass is 16.5. The average Bonchev–Trinajstić information content (AvgIpc) is 2.94. The molecule has 0 aromatic heterocycles. The van der Waals surface area contributed by atoms with E-state index in [0.717, 1.165) is 38.9 Å². The quantitative estimate of drug-likeness (QED) is 0.247. The lowest BCUT2D eigenvalue weighted by Crippen LogP contribution is -2.03. The summed E-state index contributed by atoms with van der Waals surface area (Å²) in [4.78, 5) is 22.7. The van der Waals surface area contributed by atoms with E-state index in [1.807, 2.05) is 61.5 Å². The molecular weight excluding hydrogens is 492 g/mol. The smallest absolute Gasteiger partial charge is 0.337 e. The van der Waals surface area contributed by atoms with E-state index in [2.05, 4.69) is 19.1 Å². The zero-order valence-corrected chi connectivity index (χ0v) is 23.0. The number of benzene rings is 4. The van der Waals surface area contributed by atoms with Gasteiger partial charge in [-0.05, 0) is 82.6 Å². The predicted molar refractivity (Wildman–Crippen MR) is 153 cm³/mol. The van der Waals surface area contributed by atoms with Crippen molar-refractivity contribution in [3.63, 3.8) is 0 Å². The fraction of sp³-hybridized carbons (Fsp3) is 0.212. The zero-order valence-electron chi connectivity index (χ0n) is 23.0. The molecule has 0 aliphatic rings. The van der Waals surface area contributed by atoms with Gasteiger partial charge in [0.1, 0.15) is 0 Å². The van der Waals surface area contributed by atoms with E-state index in [1.54, 1.807) is 32.4 Å². The van der Waals surface area contributed by atoms with Gasteiger partial charge in [-0.25, -0.2) is 9.59 Å². The van der Waals surface area contributed by atoms with Gasteiger partial charge < -0.3 is 19.3 Å². The highest BCUT2D eigenvalue weighted by molar-refractivity contribution is 5.91. The Bertz CT molecular complexity index is 1440. The number of esters is 1. The Balaban J connectivity index is 0.000000216. The number of ether oxygens (including phenoxy) is 3. The van der Waals surface area contributed by atoms with Crippen molar-refractivity contribution in [2.24, 2.45) is 0 Å². The molecule has 6 nitrogen and oxygen atoms in total. The molecule has 4 aromatic rings. The van der Waals surface area contributed by atoms with Gasteiger partial charge in [0.25, 0.3) is 0 Å². The van der Waals surface area contributed by atoms with Crippen LogP contribution < -0.4 is 0 Å².